The highest BCUT2D eigenvalue weighted by molar-refractivity contribution is 9.10. The molecule has 3 rings (SSSR count). The van der Waals surface area contributed by atoms with E-state index in [0.717, 1.165) is 29.7 Å². The smallest absolute Gasteiger partial charge is 0.260 e. The molecule has 25 heavy (non-hydrogen) atoms. The fraction of sp³-hybridized carbons (Fsp3) is 0.278. The molecular formula is C18H18BrN3O3. The van der Waals surface area contributed by atoms with Gasteiger partial charge in [0.25, 0.3) is 5.91 Å². The first-order valence-corrected chi connectivity index (χ1v) is 8.78. The third-order valence-electron chi connectivity index (χ3n) is 4.07. The van der Waals surface area contributed by atoms with Crippen LogP contribution in [0, 0.1) is 0 Å². The van der Waals surface area contributed by atoms with E-state index < -0.39 is 0 Å². The molecule has 0 saturated carbocycles. The van der Waals surface area contributed by atoms with E-state index in [-0.39, 0.29) is 12.5 Å². The van der Waals surface area contributed by atoms with Crippen LogP contribution < -0.4 is 9.64 Å². The molecule has 0 aliphatic carbocycles. The summed E-state index contributed by atoms with van der Waals surface area (Å²) in [7, 11) is 0. The summed E-state index contributed by atoms with van der Waals surface area (Å²) in [6, 6.07) is 10.8. The Bertz CT molecular complexity index is 743. The fourth-order valence-corrected chi connectivity index (χ4v) is 2.91. The van der Waals surface area contributed by atoms with Crippen molar-refractivity contribution in [1.82, 2.24) is 9.88 Å². The van der Waals surface area contributed by atoms with Crippen LogP contribution >= 0.6 is 15.9 Å². The zero-order valence-corrected chi connectivity index (χ0v) is 15.2. The van der Waals surface area contributed by atoms with Crippen LogP contribution in [0.4, 0.5) is 5.82 Å². The summed E-state index contributed by atoms with van der Waals surface area (Å²) in [5.74, 6) is 1.26. The van der Waals surface area contributed by atoms with Gasteiger partial charge in [-0.3, -0.25) is 9.59 Å². The van der Waals surface area contributed by atoms with Crippen LogP contribution in [0.5, 0.6) is 5.75 Å². The van der Waals surface area contributed by atoms with Crippen molar-refractivity contribution in [2.75, 3.05) is 37.7 Å². The summed E-state index contributed by atoms with van der Waals surface area (Å²) < 4.78 is 6.46. The highest BCUT2D eigenvalue weighted by Gasteiger charge is 2.22. The van der Waals surface area contributed by atoms with Gasteiger partial charge in [0.15, 0.2) is 12.9 Å². The molecule has 2 aromatic rings. The number of anilines is 1. The Hall–Kier alpha value is -2.41. The number of ether oxygens (including phenoxy) is 1. The van der Waals surface area contributed by atoms with Crippen molar-refractivity contribution in [3.05, 3.63) is 52.6 Å². The van der Waals surface area contributed by atoms with Crippen molar-refractivity contribution < 1.29 is 14.3 Å². The number of halogens is 1. The molecule has 0 bridgehead atoms. The summed E-state index contributed by atoms with van der Waals surface area (Å²) in [4.78, 5) is 31.6. The van der Waals surface area contributed by atoms with E-state index in [1.807, 2.05) is 12.1 Å². The summed E-state index contributed by atoms with van der Waals surface area (Å²) >= 11 is 3.38. The van der Waals surface area contributed by atoms with Gasteiger partial charge < -0.3 is 14.5 Å². The third kappa shape index (κ3) is 4.36. The number of carbonyl (C=O) groups is 2. The summed E-state index contributed by atoms with van der Waals surface area (Å²) in [6.45, 7) is 2.63. The Morgan fingerprint density at radius 1 is 1.16 bits per heavy atom. The molecule has 0 atom stereocenters. The lowest BCUT2D eigenvalue weighted by atomic mass is 10.2. The number of piperazine rings is 1. The molecule has 6 nitrogen and oxygen atoms in total. The van der Waals surface area contributed by atoms with Gasteiger partial charge in [-0.2, -0.15) is 0 Å². The number of hydrogen-bond acceptors (Lipinski definition) is 5. The molecule has 1 aromatic carbocycles. The van der Waals surface area contributed by atoms with Gasteiger partial charge in [-0.05, 0) is 40.2 Å². The van der Waals surface area contributed by atoms with E-state index in [1.54, 1.807) is 35.4 Å². The lowest BCUT2D eigenvalue weighted by Crippen LogP contribution is -2.50. The third-order valence-corrected chi connectivity index (χ3v) is 4.53. The molecule has 130 valence electrons. The number of benzene rings is 1. The predicted molar refractivity (Wildman–Crippen MR) is 98.1 cm³/mol. The summed E-state index contributed by atoms with van der Waals surface area (Å²) in [5.41, 5.74) is 0.446. The second-order valence-corrected chi connectivity index (χ2v) is 6.56. The number of pyridine rings is 1. The Balaban J connectivity index is 1.51. The van der Waals surface area contributed by atoms with E-state index in [1.165, 1.54) is 0 Å². The largest absolute Gasteiger partial charge is 0.483 e. The summed E-state index contributed by atoms with van der Waals surface area (Å²) in [6.07, 6.45) is 2.50. The highest BCUT2D eigenvalue weighted by Crippen LogP contribution is 2.18. The first kappa shape index (κ1) is 17.4. The van der Waals surface area contributed by atoms with E-state index in [9.17, 15) is 9.59 Å². The number of nitrogens with zero attached hydrogens (tertiary/aromatic N) is 3. The lowest BCUT2D eigenvalue weighted by molar-refractivity contribution is -0.133. The van der Waals surface area contributed by atoms with Gasteiger partial charge in [0, 0.05) is 36.8 Å². The molecule has 1 aliphatic heterocycles. The zero-order valence-electron chi connectivity index (χ0n) is 13.6. The number of aldehydes is 1. The number of rotatable bonds is 5. The minimum Gasteiger partial charge on any atom is -0.483 e. The Labute approximate surface area is 154 Å². The number of amides is 1. The molecule has 0 radical (unpaired) electrons. The van der Waals surface area contributed by atoms with Crippen molar-refractivity contribution in [3.8, 4) is 5.75 Å². The number of aromatic nitrogens is 1. The maximum Gasteiger partial charge on any atom is 0.260 e. The van der Waals surface area contributed by atoms with Crippen LogP contribution in [0.2, 0.25) is 0 Å². The number of hydrogen-bond donors (Lipinski definition) is 0. The van der Waals surface area contributed by atoms with Gasteiger partial charge >= 0.3 is 0 Å². The first-order chi connectivity index (χ1) is 12.2. The highest BCUT2D eigenvalue weighted by atomic mass is 79.9. The molecule has 1 aromatic heterocycles. The van der Waals surface area contributed by atoms with Crippen molar-refractivity contribution in [3.63, 3.8) is 0 Å². The van der Waals surface area contributed by atoms with E-state index >= 15 is 0 Å². The van der Waals surface area contributed by atoms with Crippen molar-refractivity contribution >= 4 is 33.9 Å². The fourth-order valence-electron chi connectivity index (χ4n) is 2.68. The van der Waals surface area contributed by atoms with E-state index in [4.69, 9.17) is 4.74 Å². The molecular weight excluding hydrogens is 386 g/mol. The molecule has 2 heterocycles. The molecule has 1 aliphatic rings. The van der Waals surface area contributed by atoms with Crippen molar-refractivity contribution in [2.24, 2.45) is 0 Å². The second kappa shape index (κ2) is 8.11. The van der Waals surface area contributed by atoms with Crippen molar-refractivity contribution in [2.45, 2.75) is 0 Å². The monoisotopic (exact) mass is 403 g/mol. The second-order valence-electron chi connectivity index (χ2n) is 5.65. The van der Waals surface area contributed by atoms with Gasteiger partial charge in [-0.1, -0.05) is 12.1 Å². The van der Waals surface area contributed by atoms with E-state index in [0.29, 0.717) is 24.4 Å². The summed E-state index contributed by atoms with van der Waals surface area (Å²) in [5, 5.41) is 0. The predicted octanol–water partition coefficient (Wildman–Crippen LogP) is 2.38. The van der Waals surface area contributed by atoms with Crippen LogP contribution in [-0.2, 0) is 4.79 Å². The maximum atomic E-state index is 12.3. The van der Waals surface area contributed by atoms with E-state index in [2.05, 4.69) is 25.8 Å². The molecule has 1 saturated heterocycles. The standard InChI is InChI=1S/C18H18BrN3O3/c19-15-5-6-17(20-11-15)21-7-9-22(10-8-21)18(24)13-25-16-4-2-1-3-14(16)12-23/h1-6,11-12H,7-10,13H2. The molecule has 1 amide bonds. The quantitative estimate of drug-likeness (QED) is 0.717. The Morgan fingerprint density at radius 2 is 1.92 bits per heavy atom. The van der Waals surface area contributed by atoms with Gasteiger partial charge in [0.1, 0.15) is 11.6 Å². The number of para-hydroxylation sites is 1. The number of carbonyl (C=O) groups excluding carboxylic acids is 2. The van der Waals surface area contributed by atoms with Crippen molar-refractivity contribution in [1.29, 1.82) is 0 Å². The molecule has 7 heteroatoms. The van der Waals surface area contributed by atoms with Crippen LogP contribution in [-0.4, -0.2) is 54.9 Å². The van der Waals surface area contributed by atoms with Gasteiger partial charge in [0.05, 0.1) is 5.56 Å². The first-order valence-electron chi connectivity index (χ1n) is 7.98. The normalized spacial score (nSPS) is 14.3. The molecule has 0 N–H and O–H groups in total. The minimum atomic E-state index is -0.0795. The van der Waals surface area contributed by atoms with Gasteiger partial charge in [-0.15, -0.1) is 0 Å². The van der Waals surface area contributed by atoms with Gasteiger partial charge in [0.2, 0.25) is 0 Å². The molecule has 1 fully saturated rings. The minimum absolute atomic E-state index is 0.0681. The topological polar surface area (TPSA) is 62.7 Å². The Kier molecular flexibility index (Phi) is 5.65. The Morgan fingerprint density at radius 3 is 2.60 bits per heavy atom. The SMILES string of the molecule is O=Cc1ccccc1OCC(=O)N1CCN(c2ccc(Br)cn2)CC1. The van der Waals surface area contributed by atoms with Crippen LogP contribution in [0.25, 0.3) is 0 Å². The zero-order chi connectivity index (χ0) is 17.6. The van der Waals surface area contributed by atoms with Gasteiger partial charge in [-0.25, -0.2) is 4.98 Å². The van der Waals surface area contributed by atoms with Crippen LogP contribution in [0.3, 0.4) is 0 Å². The maximum absolute atomic E-state index is 12.3. The van der Waals surface area contributed by atoms with Crippen LogP contribution in [0.15, 0.2) is 47.1 Å². The average molecular weight is 404 g/mol. The molecule has 0 spiro atoms. The lowest BCUT2D eigenvalue weighted by Gasteiger charge is -2.35. The average Bonchev–Trinajstić information content (AvgIpc) is 2.67. The van der Waals surface area contributed by atoms with Crippen LogP contribution in [0.1, 0.15) is 10.4 Å². The molecule has 0 unspecified atom stereocenters.